The molecule has 0 bridgehead atoms. The van der Waals surface area contributed by atoms with Crippen LogP contribution in [0.1, 0.15) is 56.2 Å². The standard InChI is InChI=1S/C18H24O2.Na/c1-3-5-7-9-15-11-16(10-8-6-4-2)13-17(12-15)14-18(19)20;/h7-13H,3-6,14H2,1-2H3,(H,19,20);/q;+1/p-1. The van der Waals surface area contributed by atoms with E-state index in [1.165, 1.54) is 0 Å². The molecular formula is C18H23NaO2. The van der Waals surface area contributed by atoms with Gasteiger partial charge in [-0.25, -0.2) is 0 Å². The Morgan fingerprint density at radius 2 is 1.48 bits per heavy atom. The Labute approximate surface area is 150 Å². The second-order valence-corrected chi connectivity index (χ2v) is 4.94. The maximum Gasteiger partial charge on any atom is 1.00 e. The minimum Gasteiger partial charge on any atom is -0.550 e. The number of benzene rings is 1. The third-order valence-corrected chi connectivity index (χ3v) is 2.92. The molecule has 0 saturated heterocycles. The normalized spacial score (nSPS) is 11.0. The maximum atomic E-state index is 10.8. The summed E-state index contributed by atoms with van der Waals surface area (Å²) in [7, 11) is 0. The number of carbonyl (C=O) groups excluding carboxylic acids is 1. The van der Waals surface area contributed by atoms with Gasteiger partial charge in [0.2, 0.25) is 0 Å². The Balaban J connectivity index is 0.00000400. The van der Waals surface area contributed by atoms with Gasteiger partial charge in [-0.2, -0.15) is 0 Å². The minimum absolute atomic E-state index is 0. The van der Waals surface area contributed by atoms with Crippen molar-refractivity contribution < 1.29 is 39.5 Å². The van der Waals surface area contributed by atoms with Crippen LogP contribution in [0.2, 0.25) is 0 Å². The quantitative estimate of drug-likeness (QED) is 0.659. The summed E-state index contributed by atoms with van der Waals surface area (Å²) in [6, 6.07) is 5.91. The molecule has 0 fully saturated rings. The zero-order chi connectivity index (χ0) is 14.8. The van der Waals surface area contributed by atoms with E-state index >= 15 is 0 Å². The molecule has 0 aliphatic heterocycles. The molecule has 0 spiro atoms. The van der Waals surface area contributed by atoms with Gasteiger partial charge in [0.25, 0.3) is 0 Å². The van der Waals surface area contributed by atoms with Crippen molar-refractivity contribution >= 4 is 18.1 Å². The summed E-state index contributed by atoms with van der Waals surface area (Å²) >= 11 is 0. The van der Waals surface area contributed by atoms with Crippen LogP contribution in [0.3, 0.4) is 0 Å². The van der Waals surface area contributed by atoms with Gasteiger partial charge in [-0.3, -0.25) is 0 Å². The van der Waals surface area contributed by atoms with E-state index < -0.39 is 5.97 Å². The Hall–Kier alpha value is -0.830. The van der Waals surface area contributed by atoms with Gasteiger partial charge >= 0.3 is 29.6 Å². The maximum absolute atomic E-state index is 10.8. The molecule has 0 aromatic heterocycles. The number of hydrogen-bond acceptors (Lipinski definition) is 2. The van der Waals surface area contributed by atoms with Crippen LogP contribution >= 0.6 is 0 Å². The first-order chi connectivity index (χ1) is 9.65. The molecule has 0 N–H and O–H groups in total. The second kappa shape index (κ2) is 11.8. The molecule has 3 heteroatoms. The molecule has 1 aromatic rings. The topological polar surface area (TPSA) is 40.1 Å². The number of carbonyl (C=O) groups is 1. The minimum atomic E-state index is -1.04. The van der Waals surface area contributed by atoms with Crippen molar-refractivity contribution in [2.75, 3.05) is 0 Å². The van der Waals surface area contributed by atoms with Crippen LogP contribution in [0.4, 0.5) is 0 Å². The number of allylic oxidation sites excluding steroid dienone is 2. The summed E-state index contributed by atoms with van der Waals surface area (Å²) < 4.78 is 0. The summed E-state index contributed by atoms with van der Waals surface area (Å²) in [6.45, 7) is 4.27. The van der Waals surface area contributed by atoms with Gasteiger partial charge in [0, 0.05) is 12.4 Å². The van der Waals surface area contributed by atoms with Gasteiger partial charge in [0.15, 0.2) is 0 Å². The molecule has 0 saturated carbocycles. The third kappa shape index (κ3) is 8.92. The van der Waals surface area contributed by atoms with E-state index in [2.05, 4.69) is 44.2 Å². The van der Waals surface area contributed by atoms with Crippen LogP contribution in [0, 0.1) is 0 Å². The van der Waals surface area contributed by atoms with Crippen LogP contribution in [0.25, 0.3) is 12.2 Å². The third-order valence-electron chi connectivity index (χ3n) is 2.92. The molecule has 0 heterocycles. The van der Waals surface area contributed by atoms with Crippen molar-refractivity contribution in [2.24, 2.45) is 0 Å². The van der Waals surface area contributed by atoms with Crippen molar-refractivity contribution in [3.63, 3.8) is 0 Å². The fourth-order valence-electron chi connectivity index (χ4n) is 1.98. The van der Waals surface area contributed by atoms with Gasteiger partial charge in [0.05, 0.1) is 0 Å². The summed E-state index contributed by atoms with van der Waals surface area (Å²) in [4.78, 5) is 10.8. The average molecular weight is 294 g/mol. The Morgan fingerprint density at radius 1 is 1.00 bits per heavy atom. The number of aliphatic carboxylic acids is 1. The van der Waals surface area contributed by atoms with E-state index in [0.29, 0.717) is 0 Å². The fraction of sp³-hybridized carbons (Fsp3) is 0.389. The van der Waals surface area contributed by atoms with E-state index in [4.69, 9.17) is 0 Å². The number of rotatable bonds is 8. The molecule has 2 nitrogen and oxygen atoms in total. The Kier molecular flexibility index (Phi) is 11.3. The van der Waals surface area contributed by atoms with Gasteiger partial charge < -0.3 is 9.90 Å². The second-order valence-electron chi connectivity index (χ2n) is 4.94. The van der Waals surface area contributed by atoms with Gasteiger partial charge in [-0.05, 0) is 35.6 Å². The van der Waals surface area contributed by atoms with Crippen LogP contribution < -0.4 is 34.7 Å². The number of carboxylic acid groups (broad SMARTS) is 1. The Bertz CT molecular complexity index is 456. The summed E-state index contributed by atoms with van der Waals surface area (Å²) in [5, 5.41) is 10.8. The molecule has 0 aliphatic carbocycles. The van der Waals surface area contributed by atoms with E-state index in [1.807, 2.05) is 12.1 Å². The SMILES string of the molecule is CCCC=Cc1cc(C=CCCC)cc(CC(=O)[O-])c1.[Na+]. The fourth-order valence-corrected chi connectivity index (χ4v) is 1.98. The summed E-state index contributed by atoms with van der Waals surface area (Å²) in [6.07, 6.45) is 12.6. The van der Waals surface area contributed by atoms with E-state index in [9.17, 15) is 9.90 Å². The monoisotopic (exact) mass is 294 g/mol. The van der Waals surface area contributed by atoms with Crippen molar-refractivity contribution in [3.05, 3.63) is 47.0 Å². The molecule has 0 atom stereocenters. The predicted octanol–water partition coefficient (Wildman–Crippen LogP) is 0.610. The molecule has 0 unspecified atom stereocenters. The first-order valence-electron chi connectivity index (χ1n) is 7.32. The van der Waals surface area contributed by atoms with Crippen LogP contribution in [0.5, 0.6) is 0 Å². The van der Waals surface area contributed by atoms with Gasteiger partial charge in [-0.15, -0.1) is 0 Å². The molecule has 0 amide bonds. The zero-order valence-corrected chi connectivity index (χ0v) is 15.4. The van der Waals surface area contributed by atoms with Crippen LogP contribution in [0.15, 0.2) is 30.4 Å². The number of hydrogen-bond donors (Lipinski definition) is 0. The number of carboxylic acids is 1. The zero-order valence-electron chi connectivity index (χ0n) is 13.4. The van der Waals surface area contributed by atoms with Crippen LogP contribution in [-0.4, -0.2) is 5.97 Å². The molecule has 0 aliphatic rings. The molecular weight excluding hydrogens is 271 g/mol. The van der Waals surface area contributed by atoms with Crippen molar-refractivity contribution in [2.45, 2.75) is 46.0 Å². The molecule has 0 radical (unpaired) electrons. The number of unbranched alkanes of at least 4 members (excludes halogenated alkanes) is 2. The smallest absolute Gasteiger partial charge is 0.550 e. The largest absolute Gasteiger partial charge is 1.00 e. The first-order valence-corrected chi connectivity index (χ1v) is 7.32. The first kappa shape index (κ1) is 20.2. The molecule has 1 rings (SSSR count). The molecule has 108 valence electrons. The summed E-state index contributed by atoms with van der Waals surface area (Å²) in [5.74, 6) is -1.04. The van der Waals surface area contributed by atoms with E-state index in [-0.39, 0.29) is 36.0 Å². The van der Waals surface area contributed by atoms with E-state index in [0.717, 1.165) is 42.4 Å². The van der Waals surface area contributed by atoms with Gasteiger partial charge in [0.1, 0.15) is 0 Å². The molecule has 1 aromatic carbocycles. The van der Waals surface area contributed by atoms with Crippen molar-refractivity contribution in [1.29, 1.82) is 0 Å². The van der Waals surface area contributed by atoms with Crippen molar-refractivity contribution in [1.82, 2.24) is 0 Å². The average Bonchev–Trinajstić information content (AvgIpc) is 2.38. The summed E-state index contributed by atoms with van der Waals surface area (Å²) in [5.41, 5.74) is 2.89. The van der Waals surface area contributed by atoms with Gasteiger partial charge in [-0.1, -0.05) is 63.1 Å². The van der Waals surface area contributed by atoms with E-state index in [1.54, 1.807) is 0 Å². The molecule has 21 heavy (non-hydrogen) atoms. The van der Waals surface area contributed by atoms with Crippen molar-refractivity contribution in [3.8, 4) is 0 Å². The Morgan fingerprint density at radius 3 is 1.86 bits per heavy atom. The van der Waals surface area contributed by atoms with Crippen LogP contribution in [-0.2, 0) is 11.2 Å². The predicted molar refractivity (Wildman–Crippen MR) is 83.0 cm³/mol.